The Kier molecular flexibility index (Phi) is 4.20. The molecule has 0 aliphatic rings. The number of hydrogen-bond donors (Lipinski definition) is 1. The van der Waals surface area contributed by atoms with E-state index in [4.69, 9.17) is 4.74 Å². The number of benzene rings is 1. The van der Waals surface area contributed by atoms with E-state index in [1.807, 2.05) is 43.3 Å². The van der Waals surface area contributed by atoms with Crippen molar-refractivity contribution in [2.75, 3.05) is 6.61 Å². The van der Waals surface area contributed by atoms with Crippen molar-refractivity contribution in [1.82, 2.24) is 0 Å². The van der Waals surface area contributed by atoms with Crippen LogP contribution in [0.4, 0.5) is 0 Å². The van der Waals surface area contributed by atoms with Crippen LogP contribution in [0.1, 0.15) is 23.5 Å². The molecule has 1 heterocycles. The van der Waals surface area contributed by atoms with Crippen LogP contribution in [0.2, 0.25) is 0 Å². The normalized spacial score (nSPS) is 12.4. The first-order valence-electron chi connectivity index (χ1n) is 5.36. The summed E-state index contributed by atoms with van der Waals surface area (Å²) >= 11 is 4.93. The summed E-state index contributed by atoms with van der Waals surface area (Å²) in [5, 5.41) is 10.2. The molecular formula is C13H13BrO2S. The van der Waals surface area contributed by atoms with Crippen molar-refractivity contribution >= 4 is 27.3 Å². The molecule has 1 N–H and O–H groups in total. The number of aliphatic hydroxyl groups is 1. The molecule has 0 saturated heterocycles. The van der Waals surface area contributed by atoms with Gasteiger partial charge in [-0.2, -0.15) is 0 Å². The molecule has 1 unspecified atom stereocenters. The number of ether oxygens (including phenoxy) is 1. The maximum atomic E-state index is 10.2. The predicted octanol–water partition coefficient (Wildman–Crippen LogP) is 3.99. The molecule has 0 fully saturated rings. The highest BCUT2D eigenvalue weighted by molar-refractivity contribution is 9.11. The minimum atomic E-state index is -0.591. The largest absolute Gasteiger partial charge is 0.494 e. The van der Waals surface area contributed by atoms with Gasteiger partial charge in [0.1, 0.15) is 11.9 Å². The first-order valence-corrected chi connectivity index (χ1v) is 6.97. The van der Waals surface area contributed by atoms with Gasteiger partial charge in [0.15, 0.2) is 0 Å². The first kappa shape index (κ1) is 12.6. The lowest BCUT2D eigenvalue weighted by atomic mass is 10.1. The number of aliphatic hydroxyl groups excluding tert-OH is 1. The predicted molar refractivity (Wildman–Crippen MR) is 73.7 cm³/mol. The molecule has 17 heavy (non-hydrogen) atoms. The van der Waals surface area contributed by atoms with Crippen LogP contribution >= 0.6 is 27.3 Å². The highest BCUT2D eigenvalue weighted by Crippen LogP contribution is 2.32. The Morgan fingerprint density at radius 3 is 2.82 bits per heavy atom. The molecule has 0 aliphatic carbocycles. The van der Waals surface area contributed by atoms with Crippen LogP contribution in [0.15, 0.2) is 40.2 Å². The SMILES string of the molecule is CCOc1cccc(C(O)c2ccc(Br)s2)c1. The Labute approximate surface area is 113 Å². The molecule has 2 aromatic rings. The Morgan fingerprint density at radius 1 is 1.35 bits per heavy atom. The fourth-order valence-corrected chi connectivity index (χ4v) is 3.02. The second-order valence-electron chi connectivity index (χ2n) is 3.55. The standard InChI is InChI=1S/C13H13BrO2S/c1-2-16-10-5-3-4-9(8-10)13(15)11-6-7-12(14)17-11/h3-8,13,15H,2H2,1H3. The van der Waals surface area contributed by atoms with Crippen LogP contribution in [-0.4, -0.2) is 11.7 Å². The van der Waals surface area contributed by atoms with E-state index in [9.17, 15) is 5.11 Å². The van der Waals surface area contributed by atoms with Gasteiger partial charge < -0.3 is 9.84 Å². The summed E-state index contributed by atoms with van der Waals surface area (Å²) in [5.41, 5.74) is 0.852. The molecule has 0 radical (unpaired) electrons. The van der Waals surface area contributed by atoms with Crippen LogP contribution in [0.5, 0.6) is 5.75 Å². The molecule has 0 saturated carbocycles. The summed E-state index contributed by atoms with van der Waals surface area (Å²) in [6.07, 6.45) is -0.591. The third-order valence-corrected chi connectivity index (χ3v) is 4.02. The van der Waals surface area contributed by atoms with E-state index < -0.39 is 6.10 Å². The molecule has 0 amide bonds. The van der Waals surface area contributed by atoms with Crippen molar-refractivity contribution in [1.29, 1.82) is 0 Å². The summed E-state index contributed by atoms with van der Waals surface area (Å²) in [4.78, 5) is 0.922. The van der Waals surface area contributed by atoms with E-state index in [-0.39, 0.29) is 0 Å². The molecule has 4 heteroatoms. The Morgan fingerprint density at radius 2 is 2.18 bits per heavy atom. The van der Waals surface area contributed by atoms with Crippen LogP contribution in [0.25, 0.3) is 0 Å². The van der Waals surface area contributed by atoms with Crippen LogP contribution in [-0.2, 0) is 0 Å². The molecule has 1 aromatic heterocycles. The molecule has 0 aliphatic heterocycles. The smallest absolute Gasteiger partial charge is 0.119 e. The number of thiophene rings is 1. The summed E-state index contributed by atoms with van der Waals surface area (Å²) in [6.45, 7) is 2.57. The van der Waals surface area contributed by atoms with E-state index in [1.165, 1.54) is 11.3 Å². The van der Waals surface area contributed by atoms with Crippen molar-refractivity contribution < 1.29 is 9.84 Å². The van der Waals surface area contributed by atoms with E-state index >= 15 is 0 Å². The summed E-state index contributed by atoms with van der Waals surface area (Å²) < 4.78 is 6.44. The third kappa shape index (κ3) is 3.09. The Bertz CT molecular complexity index is 496. The quantitative estimate of drug-likeness (QED) is 0.925. The second-order valence-corrected chi connectivity index (χ2v) is 6.04. The van der Waals surface area contributed by atoms with Crippen molar-refractivity contribution in [3.8, 4) is 5.75 Å². The van der Waals surface area contributed by atoms with E-state index in [1.54, 1.807) is 0 Å². The number of rotatable bonds is 4. The van der Waals surface area contributed by atoms with Gasteiger partial charge in [0.25, 0.3) is 0 Å². The number of halogens is 1. The summed E-state index contributed by atoms with van der Waals surface area (Å²) in [6, 6.07) is 11.4. The van der Waals surface area contributed by atoms with Gasteiger partial charge in [0.05, 0.1) is 10.4 Å². The van der Waals surface area contributed by atoms with Crippen LogP contribution in [0, 0.1) is 0 Å². The van der Waals surface area contributed by atoms with Gasteiger partial charge in [-0.3, -0.25) is 0 Å². The monoisotopic (exact) mass is 312 g/mol. The number of hydrogen-bond acceptors (Lipinski definition) is 3. The molecular weight excluding hydrogens is 300 g/mol. The average molecular weight is 313 g/mol. The third-order valence-electron chi connectivity index (χ3n) is 2.35. The molecule has 1 aromatic carbocycles. The van der Waals surface area contributed by atoms with E-state index in [0.717, 1.165) is 20.0 Å². The molecule has 0 spiro atoms. The minimum Gasteiger partial charge on any atom is -0.494 e. The lowest BCUT2D eigenvalue weighted by Crippen LogP contribution is -1.98. The van der Waals surface area contributed by atoms with E-state index in [0.29, 0.717) is 6.61 Å². The Balaban J connectivity index is 2.24. The van der Waals surface area contributed by atoms with Gasteiger partial charge in [-0.25, -0.2) is 0 Å². The van der Waals surface area contributed by atoms with Gasteiger partial charge in [0, 0.05) is 4.88 Å². The van der Waals surface area contributed by atoms with Gasteiger partial charge in [-0.1, -0.05) is 12.1 Å². The molecule has 2 rings (SSSR count). The zero-order valence-electron chi connectivity index (χ0n) is 9.39. The maximum absolute atomic E-state index is 10.2. The van der Waals surface area contributed by atoms with Crippen LogP contribution in [0.3, 0.4) is 0 Å². The van der Waals surface area contributed by atoms with Crippen molar-refractivity contribution in [2.45, 2.75) is 13.0 Å². The topological polar surface area (TPSA) is 29.5 Å². The fraction of sp³-hybridized carbons (Fsp3) is 0.231. The van der Waals surface area contributed by atoms with Gasteiger partial charge in [-0.15, -0.1) is 11.3 Å². The second kappa shape index (κ2) is 5.67. The summed E-state index contributed by atoms with van der Waals surface area (Å²) in [5.74, 6) is 0.791. The maximum Gasteiger partial charge on any atom is 0.119 e. The molecule has 0 bridgehead atoms. The lowest BCUT2D eigenvalue weighted by Gasteiger charge is -2.10. The van der Waals surface area contributed by atoms with Gasteiger partial charge in [-0.05, 0) is 52.7 Å². The molecule has 90 valence electrons. The Hall–Kier alpha value is -0.840. The molecule has 2 nitrogen and oxygen atoms in total. The summed E-state index contributed by atoms with van der Waals surface area (Å²) in [7, 11) is 0. The van der Waals surface area contributed by atoms with E-state index in [2.05, 4.69) is 15.9 Å². The first-order chi connectivity index (χ1) is 8.20. The van der Waals surface area contributed by atoms with Crippen molar-refractivity contribution in [3.63, 3.8) is 0 Å². The highest BCUT2D eigenvalue weighted by atomic mass is 79.9. The zero-order valence-corrected chi connectivity index (χ0v) is 11.8. The van der Waals surface area contributed by atoms with Crippen LogP contribution < -0.4 is 4.74 Å². The average Bonchev–Trinajstić information content (AvgIpc) is 2.76. The van der Waals surface area contributed by atoms with Gasteiger partial charge in [0.2, 0.25) is 0 Å². The highest BCUT2D eigenvalue weighted by Gasteiger charge is 2.13. The van der Waals surface area contributed by atoms with Crippen molar-refractivity contribution in [2.24, 2.45) is 0 Å². The van der Waals surface area contributed by atoms with Crippen molar-refractivity contribution in [3.05, 3.63) is 50.6 Å². The van der Waals surface area contributed by atoms with Gasteiger partial charge >= 0.3 is 0 Å². The zero-order chi connectivity index (χ0) is 12.3. The fourth-order valence-electron chi connectivity index (χ4n) is 1.58. The minimum absolute atomic E-state index is 0.591. The molecule has 1 atom stereocenters. The lowest BCUT2D eigenvalue weighted by molar-refractivity contribution is 0.223.